The van der Waals surface area contributed by atoms with Crippen molar-refractivity contribution in [2.75, 3.05) is 0 Å². The summed E-state index contributed by atoms with van der Waals surface area (Å²) >= 11 is 0. The minimum atomic E-state index is 0. The molecule has 0 amide bonds. The van der Waals surface area contributed by atoms with Crippen LogP contribution < -0.4 is 103 Å². The van der Waals surface area contributed by atoms with Gasteiger partial charge in [0.2, 0.25) is 0 Å². The maximum absolute atomic E-state index is 2.25. The zero-order chi connectivity index (χ0) is 4.24. The summed E-state index contributed by atoms with van der Waals surface area (Å²) in [4.78, 5) is 0. The van der Waals surface area contributed by atoms with Crippen molar-refractivity contribution in [1.82, 2.24) is 0 Å². The fraction of sp³-hybridized carbons (Fsp3) is 0.667. The van der Waals surface area contributed by atoms with Gasteiger partial charge in [0.05, 0.1) is 0 Å². The molecule has 2 rings (SSSR count). The van der Waals surface area contributed by atoms with E-state index >= 15 is 0 Å². The van der Waals surface area contributed by atoms with Crippen molar-refractivity contribution in [2.24, 2.45) is 0 Å². The molecule has 0 spiro atoms. The monoisotopic (exact) mass is 177 g/mol. The van der Waals surface area contributed by atoms with E-state index in [9.17, 15) is 0 Å². The first-order chi connectivity index (χ1) is 3.00. The van der Waals surface area contributed by atoms with Gasteiger partial charge >= 0.3 is 103 Å². The van der Waals surface area contributed by atoms with Gasteiger partial charge in [0.15, 0.2) is 0 Å². The molecule has 2 N–H and O–H groups in total. The maximum Gasteiger partial charge on any atom is 1.00 e. The second-order valence-electron chi connectivity index (χ2n) is 1.73. The third-order valence-corrected chi connectivity index (χ3v) is 0.577. The molecule has 0 aromatic carbocycles. The first kappa shape index (κ1) is 18.1. The van der Waals surface area contributed by atoms with Crippen LogP contribution in [0.25, 0.3) is 6.15 Å². The van der Waals surface area contributed by atoms with Crippen molar-refractivity contribution in [1.29, 1.82) is 0 Å². The maximum atomic E-state index is 2.25. The van der Waals surface area contributed by atoms with Crippen molar-refractivity contribution < 1.29 is 104 Å². The van der Waals surface area contributed by atoms with Gasteiger partial charge < -0.3 is 20.4 Å². The normalized spacial score (nSPS) is 16.0. The summed E-state index contributed by atoms with van der Waals surface area (Å²) in [6.07, 6.45) is 10.0. The van der Waals surface area contributed by atoms with Gasteiger partial charge in [-0.2, -0.15) is 0 Å². The molecule has 0 heterocycles. The Hall–Kier alpha value is 3.23. The molecule has 0 saturated heterocycles. The Morgan fingerprint density at radius 3 is 0.889 bits per heavy atom. The molecule has 0 unspecified atom stereocenters. The Morgan fingerprint density at radius 1 is 0.778 bits per heavy atom. The Morgan fingerprint density at radius 2 is 0.889 bits per heavy atom. The van der Waals surface area contributed by atoms with Crippen LogP contribution in [-0.2, 0) is 0 Å². The minimum absolute atomic E-state index is 0. The van der Waals surface area contributed by atoms with Crippen LogP contribution in [0.1, 0.15) is 27.1 Å². The van der Waals surface area contributed by atoms with Gasteiger partial charge in [-0.15, -0.1) is 0 Å². The molecule has 0 radical (unpaired) electrons. The average Bonchev–Trinajstić information content (AvgIpc) is 2.31. The van der Waals surface area contributed by atoms with E-state index in [0.29, 0.717) is 0 Å². The van der Waals surface area contributed by atoms with E-state index < -0.39 is 0 Å². The molecule has 0 atom stereocenters. The predicted molar refractivity (Wildman–Crippen MR) is 33.5 cm³/mol. The van der Waals surface area contributed by atoms with Gasteiger partial charge in [0.1, 0.15) is 0 Å². The predicted octanol–water partition coefficient (Wildman–Crippen LogP) is -3.19. The molecular weight excluding hydrogens is 164 g/mol. The standard InChI is InChI=1S/2C3H5.2K.H2N.H/c2*1-2-3-1;;;;/h2*1H,2-3H2;;;1H2;/q2*-1;2*+1;2*-1. The molecule has 0 aromatic heterocycles. The molecule has 0 aliphatic heterocycles. The van der Waals surface area contributed by atoms with E-state index in [-0.39, 0.29) is 110 Å². The molecule has 0 bridgehead atoms. The molecule has 2 aliphatic rings. The van der Waals surface area contributed by atoms with E-state index in [1.807, 2.05) is 0 Å². The van der Waals surface area contributed by atoms with Crippen LogP contribution in [0.3, 0.4) is 0 Å². The smallest absolute Gasteiger partial charge is 1.00 e. The van der Waals surface area contributed by atoms with Crippen LogP contribution in [0.5, 0.6) is 0 Å². The van der Waals surface area contributed by atoms with Crippen molar-refractivity contribution in [3.63, 3.8) is 0 Å². The van der Waals surface area contributed by atoms with Crippen molar-refractivity contribution >= 4 is 0 Å². The van der Waals surface area contributed by atoms with Crippen molar-refractivity contribution in [3.05, 3.63) is 19.0 Å². The number of hydrogen-bond acceptors (Lipinski definition) is 0. The van der Waals surface area contributed by atoms with E-state index in [4.69, 9.17) is 0 Å². The van der Waals surface area contributed by atoms with E-state index in [1.54, 1.807) is 0 Å². The minimum Gasteiger partial charge on any atom is -1.00 e. The summed E-state index contributed by atoms with van der Waals surface area (Å²) < 4.78 is 0. The Bertz CT molecular complexity index is 31.2. The van der Waals surface area contributed by atoms with Gasteiger partial charge in [-0.05, 0) is 0 Å². The molecular formula is C6H13K2N-2. The SMILES string of the molecule is [CH-]1CC1.[CH-]1CC1.[H-].[K+].[K+].[NH2-]. The van der Waals surface area contributed by atoms with Crippen molar-refractivity contribution in [3.8, 4) is 0 Å². The molecule has 2 aliphatic carbocycles. The van der Waals surface area contributed by atoms with Crippen molar-refractivity contribution in [2.45, 2.75) is 25.7 Å². The van der Waals surface area contributed by atoms with E-state index in [0.717, 1.165) is 0 Å². The number of nitrogens with two attached hydrogens (primary N) is 1. The average molecular weight is 177 g/mol. The largest absolute Gasteiger partial charge is 1.00 e. The van der Waals surface area contributed by atoms with Gasteiger partial charge in [-0.25, -0.2) is 25.7 Å². The molecule has 3 heteroatoms. The summed E-state index contributed by atoms with van der Waals surface area (Å²) in [7, 11) is 0. The first-order valence-corrected chi connectivity index (χ1v) is 2.63. The molecule has 46 valence electrons. The van der Waals surface area contributed by atoms with Gasteiger partial charge in [0, 0.05) is 0 Å². The Labute approximate surface area is 145 Å². The van der Waals surface area contributed by atoms with Crippen LogP contribution in [0.4, 0.5) is 0 Å². The zero-order valence-electron chi connectivity index (χ0n) is 7.56. The first-order valence-electron chi connectivity index (χ1n) is 2.63. The molecule has 9 heavy (non-hydrogen) atoms. The zero-order valence-corrected chi connectivity index (χ0v) is 12.8. The topological polar surface area (TPSA) is 33.5 Å². The summed E-state index contributed by atoms with van der Waals surface area (Å²) in [5, 5.41) is 0. The van der Waals surface area contributed by atoms with Gasteiger partial charge in [-0.1, -0.05) is 0 Å². The quantitative estimate of drug-likeness (QED) is 0.276. The fourth-order valence-corrected chi connectivity index (χ4v) is 0. The third kappa shape index (κ3) is 35.0. The number of hydrogen-bond donors (Lipinski definition) is 0. The van der Waals surface area contributed by atoms with Crippen LogP contribution in [0, 0.1) is 12.8 Å². The second kappa shape index (κ2) is 13.8. The van der Waals surface area contributed by atoms with E-state index in [2.05, 4.69) is 12.8 Å². The molecule has 2 fully saturated rings. The molecule has 0 aromatic rings. The van der Waals surface area contributed by atoms with Gasteiger partial charge in [0.25, 0.3) is 0 Å². The second-order valence-corrected chi connectivity index (χ2v) is 1.73. The van der Waals surface area contributed by atoms with Gasteiger partial charge in [-0.3, -0.25) is 0 Å². The molecule has 1 nitrogen and oxygen atoms in total. The summed E-state index contributed by atoms with van der Waals surface area (Å²) in [5.74, 6) is 0. The third-order valence-electron chi connectivity index (χ3n) is 0.577. The van der Waals surface area contributed by atoms with E-state index in [1.165, 1.54) is 25.7 Å². The Kier molecular flexibility index (Phi) is 27.8. The van der Waals surface area contributed by atoms with Crippen LogP contribution in [0.15, 0.2) is 0 Å². The van der Waals surface area contributed by atoms with Crippen LogP contribution >= 0.6 is 0 Å². The Balaban J connectivity index is -0.0000000257. The molecule has 2 saturated carbocycles. The summed E-state index contributed by atoms with van der Waals surface area (Å²) in [6, 6.07) is 0. The van der Waals surface area contributed by atoms with Crippen LogP contribution in [0.2, 0.25) is 0 Å². The summed E-state index contributed by atoms with van der Waals surface area (Å²) in [6.45, 7) is 0. The fourth-order valence-electron chi connectivity index (χ4n) is 0. The number of rotatable bonds is 0. The van der Waals surface area contributed by atoms with Crippen LogP contribution in [-0.4, -0.2) is 0 Å². The summed E-state index contributed by atoms with van der Waals surface area (Å²) in [5.41, 5.74) is 0.